The number of aromatic nitrogens is 1. The zero-order chi connectivity index (χ0) is 20.6. The average molecular weight is 410 g/mol. The van der Waals surface area contributed by atoms with Gasteiger partial charge in [0.25, 0.3) is 0 Å². The van der Waals surface area contributed by atoms with E-state index in [1.54, 1.807) is 6.92 Å². The maximum Gasteiger partial charge on any atom is 0.339 e. The van der Waals surface area contributed by atoms with Crippen molar-refractivity contribution in [1.29, 1.82) is 0 Å². The van der Waals surface area contributed by atoms with Crippen LogP contribution in [0.2, 0.25) is 0 Å². The lowest BCUT2D eigenvalue weighted by Crippen LogP contribution is -2.41. The molecule has 2 aromatic rings. The summed E-state index contributed by atoms with van der Waals surface area (Å²) in [6, 6.07) is 4.32. The number of nitrogens with one attached hydrogen (secondary N) is 1. The van der Waals surface area contributed by atoms with E-state index in [9.17, 15) is 18.0 Å². The van der Waals surface area contributed by atoms with Crippen LogP contribution in [0, 0.1) is 24.4 Å². The van der Waals surface area contributed by atoms with Crippen molar-refractivity contribution in [1.82, 2.24) is 10.3 Å². The predicted octanol–water partition coefficient (Wildman–Crippen LogP) is 3.70. The second-order valence-corrected chi connectivity index (χ2v) is 6.69. The molecule has 0 fully saturated rings. The van der Waals surface area contributed by atoms with E-state index in [-0.39, 0.29) is 27.8 Å². The van der Waals surface area contributed by atoms with Gasteiger partial charge in [-0.1, -0.05) is 17.7 Å². The topological polar surface area (TPSA) is 63.6 Å². The number of pyridine rings is 1. The van der Waals surface area contributed by atoms with Gasteiger partial charge in [-0.05, 0) is 43.2 Å². The number of aryl methyl sites for hydroxylation is 1. The summed E-state index contributed by atoms with van der Waals surface area (Å²) < 4.78 is 46.4. The zero-order valence-electron chi connectivity index (χ0n) is 15.1. The van der Waals surface area contributed by atoms with Crippen LogP contribution in [0.3, 0.4) is 0 Å². The van der Waals surface area contributed by atoms with E-state index in [4.69, 9.17) is 16.3 Å². The molecular weight excluding hydrogens is 395 g/mol. The van der Waals surface area contributed by atoms with Gasteiger partial charge in [0.15, 0.2) is 23.3 Å². The highest BCUT2D eigenvalue weighted by molar-refractivity contribution is 6.33. The van der Waals surface area contributed by atoms with Crippen molar-refractivity contribution in [3.8, 4) is 0 Å². The molecule has 1 N–H and O–H groups in total. The number of benzene rings is 1. The number of carbonyl (C=O) groups is 1. The monoisotopic (exact) mass is 409 g/mol. The molecule has 0 spiro atoms. The van der Waals surface area contributed by atoms with Crippen LogP contribution < -0.4 is 5.32 Å². The molecule has 0 radical (unpaired) electrons. The number of amidine groups is 1. The van der Waals surface area contributed by atoms with Crippen LogP contribution >= 0.6 is 11.6 Å². The van der Waals surface area contributed by atoms with Crippen LogP contribution in [0.4, 0.5) is 13.2 Å². The van der Waals surface area contributed by atoms with Gasteiger partial charge in [0.1, 0.15) is 22.0 Å². The SMILES string of the molecule is COC(=O)C1=C(Cl)NC(c2ncc(C)cc2F)=NC1(C)c1ccc(F)c(F)c1. The van der Waals surface area contributed by atoms with E-state index in [0.717, 1.165) is 19.2 Å². The summed E-state index contributed by atoms with van der Waals surface area (Å²) in [5, 5.41) is 2.44. The molecule has 1 unspecified atom stereocenters. The smallest absolute Gasteiger partial charge is 0.339 e. The second kappa shape index (κ2) is 7.27. The van der Waals surface area contributed by atoms with E-state index in [1.807, 2.05) is 0 Å². The van der Waals surface area contributed by atoms with Crippen molar-refractivity contribution < 1.29 is 22.7 Å². The summed E-state index contributed by atoms with van der Waals surface area (Å²) in [6.45, 7) is 3.13. The van der Waals surface area contributed by atoms with Gasteiger partial charge in [-0.3, -0.25) is 0 Å². The van der Waals surface area contributed by atoms with Crippen molar-refractivity contribution in [3.63, 3.8) is 0 Å². The zero-order valence-corrected chi connectivity index (χ0v) is 15.9. The van der Waals surface area contributed by atoms with Gasteiger partial charge in [0.05, 0.1) is 7.11 Å². The first-order valence-electron chi connectivity index (χ1n) is 8.11. The van der Waals surface area contributed by atoms with E-state index >= 15 is 0 Å². The Bertz CT molecular complexity index is 1040. The summed E-state index contributed by atoms with van der Waals surface area (Å²) in [7, 11) is 1.14. The molecule has 1 aromatic carbocycles. The molecular formula is C19H15ClF3N3O2. The molecule has 0 bridgehead atoms. The Hall–Kier alpha value is -2.87. The van der Waals surface area contributed by atoms with E-state index < -0.39 is 29.0 Å². The Labute approximate surface area is 163 Å². The third kappa shape index (κ3) is 3.35. The third-order valence-corrected chi connectivity index (χ3v) is 4.63. The molecule has 3 rings (SSSR count). The number of hydrogen-bond donors (Lipinski definition) is 1. The molecule has 1 aliphatic heterocycles. The maximum atomic E-state index is 14.4. The summed E-state index contributed by atoms with van der Waals surface area (Å²) in [5.41, 5.74) is -1.15. The number of nitrogens with zero attached hydrogens (tertiary/aromatic N) is 2. The fourth-order valence-electron chi connectivity index (χ4n) is 2.91. The molecule has 0 saturated carbocycles. The normalized spacial score (nSPS) is 19.2. The maximum absolute atomic E-state index is 14.4. The standard InChI is InChI=1S/C19H15ClF3N3O2/c1-9-6-13(23)15(24-8-9)17-25-16(20)14(18(27)28-3)19(2,26-17)10-4-5-11(21)12(22)7-10/h4-8H,1-3H3,(H,25,26). The Balaban J connectivity index is 2.24. The van der Waals surface area contributed by atoms with Crippen molar-refractivity contribution >= 4 is 23.4 Å². The van der Waals surface area contributed by atoms with Gasteiger partial charge in [-0.25, -0.2) is 27.9 Å². The molecule has 0 aliphatic carbocycles. The summed E-state index contributed by atoms with van der Waals surface area (Å²) in [5.74, 6) is -3.75. The molecule has 146 valence electrons. The number of hydrogen-bond acceptors (Lipinski definition) is 5. The lowest BCUT2D eigenvalue weighted by Gasteiger charge is -2.33. The minimum atomic E-state index is -1.59. The van der Waals surface area contributed by atoms with Crippen LogP contribution in [0.1, 0.15) is 23.7 Å². The fraction of sp³-hybridized carbons (Fsp3) is 0.211. The van der Waals surface area contributed by atoms with Gasteiger partial charge < -0.3 is 10.1 Å². The number of esters is 1. The highest BCUT2D eigenvalue weighted by Crippen LogP contribution is 2.40. The molecule has 1 aromatic heterocycles. The number of aliphatic imine (C=N–C) groups is 1. The first kappa shape index (κ1) is 19.9. The van der Waals surface area contributed by atoms with Crippen molar-refractivity contribution in [2.45, 2.75) is 19.4 Å². The van der Waals surface area contributed by atoms with Crippen molar-refractivity contribution in [2.75, 3.05) is 7.11 Å². The Morgan fingerprint density at radius 3 is 2.50 bits per heavy atom. The molecule has 1 aliphatic rings. The molecule has 2 heterocycles. The quantitative estimate of drug-likeness (QED) is 0.620. The number of ether oxygens (including phenoxy) is 1. The van der Waals surface area contributed by atoms with Crippen LogP contribution in [0.25, 0.3) is 0 Å². The molecule has 9 heteroatoms. The van der Waals surface area contributed by atoms with Gasteiger partial charge >= 0.3 is 5.97 Å². The van der Waals surface area contributed by atoms with Crippen molar-refractivity contribution in [2.24, 2.45) is 4.99 Å². The Morgan fingerprint density at radius 2 is 1.89 bits per heavy atom. The highest BCUT2D eigenvalue weighted by Gasteiger charge is 2.42. The first-order valence-corrected chi connectivity index (χ1v) is 8.48. The molecule has 28 heavy (non-hydrogen) atoms. The number of methoxy groups -OCH3 is 1. The van der Waals surface area contributed by atoms with Gasteiger partial charge in [-0.2, -0.15) is 0 Å². The van der Waals surface area contributed by atoms with E-state index in [1.165, 1.54) is 25.3 Å². The van der Waals surface area contributed by atoms with Gasteiger partial charge in [-0.15, -0.1) is 0 Å². The number of carbonyl (C=O) groups excluding carboxylic acids is 1. The second-order valence-electron chi connectivity index (χ2n) is 6.31. The molecule has 0 amide bonds. The summed E-state index contributed by atoms with van der Waals surface area (Å²) in [4.78, 5) is 20.7. The largest absolute Gasteiger partial charge is 0.465 e. The third-order valence-electron chi connectivity index (χ3n) is 4.34. The van der Waals surface area contributed by atoms with Crippen LogP contribution in [0.5, 0.6) is 0 Å². The lowest BCUT2D eigenvalue weighted by molar-refractivity contribution is -0.136. The summed E-state index contributed by atoms with van der Waals surface area (Å²) >= 11 is 6.26. The minimum absolute atomic E-state index is 0.0672. The lowest BCUT2D eigenvalue weighted by atomic mass is 9.84. The van der Waals surface area contributed by atoms with E-state index in [0.29, 0.717) is 5.56 Å². The van der Waals surface area contributed by atoms with Crippen molar-refractivity contribution in [3.05, 3.63) is 75.5 Å². The van der Waals surface area contributed by atoms with Gasteiger partial charge in [0.2, 0.25) is 0 Å². The molecule has 0 saturated heterocycles. The minimum Gasteiger partial charge on any atom is -0.465 e. The fourth-order valence-corrected chi connectivity index (χ4v) is 3.26. The molecule has 5 nitrogen and oxygen atoms in total. The Kier molecular flexibility index (Phi) is 5.16. The molecule has 1 atom stereocenters. The van der Waals surface area contributed by atoms with Crippen LogP contribution in [0.15, 0.2) is 46.2 Å². The van der Waals surface area contributed by atoms with Crippen LogP contribution in [-0.4, -0.2) is 23.9 Å². The Morgan fingerprint density at radius 1 is 1.18 bits per heavy atom. The first-order chi connectivity index (χ1) is 13.2. The number of rotatable bonds is 3. The highest BCUT2D eigenvalue weighted by atomic mass is 35.5. The van der Waals surface area contributed by atoms with E-state index in [2.05, 4.69) is 15.3 Å². The summed E-state index contributed by atoms with van der Waals surface area (Å²) in [6.07, 6.45) is 1.44. The average Bonchev–Trinajstić information content (AvgIpc) is 2.63. The van der Waals surface area contributed by atoms with Gasteiger partial charge in [0, 0.05) is 6.20 Å². The van der Waals surface area contributed by atoms with Crippen LogP contribution in [-0.2, 0) is 15.1 Å². The predicted molar refractivity (Wildman–Crippen MR) is 97.2 cm³/mol. The number of halogens is 4.